The second-order valence-electron chi connectivity index (χ2n) is 5.00. The van der Waals surface area contributed by atoms with Crippen molar-refractivity contribution in [3.05, 3.63) is 35.4 Å². The summed E-state index contributed by atoms with van der Waals surface area (Å²) in [6.07, 6.45) is 4.09. The molecule has 1 aromatic rings. The molecule has 6 heteroatoms. The molecular formula is C15H17F2NO3. The van der Waals surface area contributed by atoms with E-state index in [1.807, 2.05) is 0 Å². The van der Waals surface area contributed by atoms with E-state index in [-0.39, 0.29) is 18.1 Å². The fourth-order valence-electron chi connectivity index (χ4n) is 2.25. The molecule has 1 fully saturated rings. The summed E-state index contributed by atoms with van der Waals surface area (Å²) in [6.45, 7) is 0.959. The summed E-state index contributed by atoms with van der Waals surface area (Å²) in [5, 5.41) is 0. The van der Waals surface area contributed by atoms with Crippen molar-refractivity contribution in [1.82, 2.24) is 4.90 Å². The number of carbonyl (C=O) groups is 2. The van der Waals surface area contributed by atoms with Crippen molar-refractivity contribution in [1.29, 1.82) is 0 Å². The van der Waals surface area contributed by atoms with Gasteiger partial charge >= 0.3 is 5.97 Å². The molecule has 1 saturated heterocycles. The van der Waals surface area contributed by atoms with Crippen LogP contribution in [0.5, 0.6) is 0 Å². The lowest BCUT2D eigenvalue weighted by Gasteiger charge is -2.19. The maximum atomic E-state index is 13.0. The summed E-state index contributed by atoms with van der Waals surface area (Å²) in [5.74, 6) is -3.25. The van der Waals surface area contributed by atoms with Crippen molar-refractivity contribution in [2.24, 2.45) is 0 Å². The van der Waals surface area contributed by atoms with Gasteiger partial charge in [-0.1, -0.05) is 12.8 Å². The van der Waals surface area contributed by atoms with Crippen LogP contribution in [-0.4, -0.2) is 36.5 Å². The first-order valence-electron chi connectivity index (χ1n) is 6.98. The van der Waals surface area contributed by atoms with E-state index in [0.717, 1.165) is 43.9 Å². The highest BCUT2D eigenvalue weighted by Crippen LogP contribution is 2.11. The number of likely N-dealkylation sites (tertiary alicyclic amines) is 1. The van der Waals surface area contributed by atoms with Gasteiger partial charge in [0, 0.05) is 13.1 Å². The van der Waals surface area contributed by atoms with E-state index >= 15 is 0 Å². The Morgan fingerprint density at radius 1 is 1.05 bits per heavy atom. The summed E-state index contributed by atoms with van der Waals surface area (Å²) >= 11 is 0. The number of rotatable bonds is 3. The molecule has 1 heterocycles. The van der Waals surface area contributed by atoms with E-state index < -0.39 is 17.6 Å². The Bertz CT molecular complexity index is 526. The summed E-state index contributed by atoms with van der Waals surface area (Å²) in [6, 6.07) is 2.73. The van der Waals surface area contributed by atoms with Gasteiger partial charge in [0.15, 0.2) is 18.2 Å². The van der Waals surface area contributed by atoms with Crippen LogP contribution < -0.4 is 0 Å². The average Bonchev–Trinajstić information content (AvgIpc) is 2.76. The zero-order valence-electron chi connectivity index (χ0n) is 11.6. The van der Waals surface area contributed by atoms with Crippen molar-refractivity contribution in [2.75, 3.05) is 19.7 Å². The first kappa shape index (κ1) is 15.4. The Balaban J connectivity index is 1.87. The number of carbonyl (C=O) groups excluding carboxylic acids is 2. The average molecular weight is 297 g/mol. The molecule has 0 atom stereocenters. The minimum Gasteiger partial charge on any atom is -0.452 e. The summed E-state index contributed by atoms with van der Waals surface area (Å²) in [5.41, 5.74) is -0.113. The largest absolute Gasteiger partial charge is 0.452 e. The lowest BCUT2D eigenvalue weighted by molar-refractivity contribution is -0.134. The zero-order valence-corrected chi connectivity index (χ0v) is 11.6. The fourth-order valence-corrected chi connectivity index (χ4v) is 2.25. The van der Waals surface area contributed by atoms with Crippen LogP contribution in [0.3, 0.4) is 0 Å². The van der Waals surface area contributed by atoms with Crippen LogP contribution in [0.1, 0.15) is 36.0 Å². The van der Waals surface area contributed by atoms with Gasteiger partial charge in [-0.2, -0.15) is 0 Å². The molecule has 0 unspecified atom stereocenters. The number of nitrogens with zero attached hydrogens (tertiary/aromatic N) is 1. The predicted molar refractivity (Wildman–Crippen MR) is 71.7 cm³/mol. The molecule has 1 aliphatic heterocycles. The molecule has 0 aliphatic carbocycles. The number of ether oxygens (including phenoxy) is 1. The van der Waals surface area contributed by atoms with Crippen LogP contribution in [0, 0.1) is 11.6 Å². The van der Waals surface area contributed by atoms with Crippen LogP contribution >= 0.6 is 0 Å². The van der Waals surface area contributed by atoms with Gasteiger partial charge in [0.25, 0.3) is 5.91 Å². The number of amides is 1. The molecule has 21 heavy (non-hydrogen) atoms. The van der Waals surface area contributed by atoms with Gasteiger partial charge in [0.05, 0.1) is 5.56 Å². The highest BCUT2D eigenvalue weighted by Gasteiger charge is 2.18. The van der Waals surface area contributed by atoms with Gasteiger partial charge in [-0.3, -0.25) is 4.79 Å². The first-order valence-corrected chi connectivity index (χ1v) is 6.98. The molecule has 1 aromatic carbocycles. The third kappa shape index (κ3) is 4.24. The van der Waals surface area contributed by atoms with Gasteiger partial charge in [-0.05, 0) is 31.0 Å². The number of esters is 1. The molecule has 1 aliphatic rings. The quantitative estimate of drug-likeness (QED) is 0.805. The van der Waals surface area contributed by atoms with Crippen molar-refractivity contribution in [3.8, 4) is 0 Å². The van der Waals surface area contributed by atoms with Crippen molar-refractivity contribution in [2.45, 2.75) is 25.7 Å². The highest BCUT2D eigenvalue weighted by atomic mass is 19.2. The third-order valence-corrected chi connectivity index (χ3v) is 3.44. The maximum Gasteiger partial charge on any atom is 0.338 e. The van der Waals surface area contributed by atoms with Crippen LogP contribution in [0.4, 0.5) is 8.78 Å². The van der Waals surface area contributed by atoms with E-state index in [9.17, 15) is 18.4 Å². The standard InChI is InChI=1S/C15H17F2NO3/c16-12-6-5-11(9-13(12)17)15(20)21-10-14(19)18-7-3-1-2-4-8-18/h5-6,9H,1-4,7-8,10H2. The lowest BCUT2D eigenvalue weighted by atomic mass is 10.2. The molecule has 0 radical (unpaired) electrons. The Morgan fingerprint density at radius 3 is 2.33 bits per heavy atom. The van der Waals surface area contributed by atoms with Gasteiger partial charge in [-0.15, -0.1) is 0 Å². The van der Waals surface area contributed by atoms with E-state index in [1.54, 1.807) is 4.90 Å². The summed E-state index contributed by atoms with van der Waals surface area (Å²) < 4.78 is 30.6. The normalized spacial score (nSPS) is 15.4. The number of halogens is 2. The SMILES string of the molecule is O=C(OCC(=O)N1CCCCCC1)c1ccc(F)c(F)c1. The molecule has 0 bridgehead atoms. The molecule has 114 valence electrons. The molecule has 0 saturated carbocycles. The van der Waals surface area contributed by atoms with Gasteiger partial charge in [0.1, 0.15) is 0 Å². The second-order valence-corrected chi connectivity index (χ2v) is 5.00. The molecular weight excluding hydrogens is 280 g/mol. The zero-order chi connectivity index (χ0) is 15.2. The van der Waals surface area contributed by atoms with Gasteiger partial charge in [-0.25, -0.2) is 13.6 Å². The van der Waals surface area contributed by atoms with Crippen molar-refractivity contribution < 1.29 is 23.1 Å². The first-order chi connectivity index (χ1) is 10.1. The van der Waals surface area contributed by atoms with Crippen LogP contribution in [0.15, 0.2) is 18.2 Å². The van der Waals surface area contributed by atoms with Crippen molar-refractivity contribution >= 4 is 11.9 Å². The third-order valence-electron chi connectivity index (χ3n) is 3.44. The van der Waals surface area contributed by atoms with Crippen molar-refractivity contribution in [3.63, 3.8) is 0 Å². The monoisotopic (exact) mass is 297 g/mol. The Morgan fingerprint density at radius 2 is 1.71 bits per heavy atom. The van der Waals surface area contributed by atoms with E-state index in [2.05, 4.69) is 0 Å². The minimum absolute atomic E-state index is 0.113. The van der Waals surface area contributed by atoms with E-state index in [1.165, 1.54) is 0 Å². The Labute approximate surface area is 121 Å². The molecule has 4 nitrogen and oxygen atoms in total. The van der Waals surface area contributed by atoms with Gasteiger partial charge in [0.2, 0.25) is 0 Å². The van der Waals surface area contributed by atoms with E-state index in [4.69, 9.17) is 4.74 Å². The van der Waals surface area contributed by atoms with Crippen LogP contribution in [0.25, 0.3) is 0 Å². The molecule has 0 spiro atoms. The van der Waals surface area contributed by atoms with E-state index in [0.29, 0.717) is 13.1 Å². The Hall–Kier alpha value is -1.98. The van der Waals surface area contributed by atoms with Gasteiger partial charge < -0.3 is 9.64 Å². The number of hydrogen-bond donors (Lipinski definition) is 0. The second kappa shape index (κ2) is 7.15. The number of hydrogen-bond acceptors (Lipinski definition) is 3. The molecule has 1 amide bonds. The molecule has 0 N–H and O–H groups in total. The molecule has 0 aromatic heterocycles. The van der Waals surface area contributed by atoms with Crippen LogP contribution in [-0.2, 0) is 9.53 Å². The summed E-state index contributed by atoms with van der Waals surface area (Å²) in [4.78, 5) is 25.3. The molecule has 2 rings (SSSR count). The minimum atomic E-state index is -1.12. The summed E-state index contributed by atoms with van der Waals surface area (Å²) in [7, 11) is 0. The highest BCUT2D eigenvalue weighted by molar-refractivity contribution is 5.91. The lowest BCUT2D eigenvalue weighted by Crippen LogP contribution is -2.35. The fraction of sp³-hybridized carbons (Fsp3) is 0.467. The van der Waals surface area contributed by atoms with Crippen LogP contribution in [0.2, 0.25) is 0 Å². The smallest absolute Gasteiger partial charge is 0.338 e. The predicted octanol–water partition coefficient (Wildman–Crippen LogP) is 2.52. The maximum absolute atomic E-state index is 13.0. The topological polar surface area (TPSA) is 46.6 Å². The Kier molecular flexibility index (Phi) is 5.25. The number of benzene rings is 1.